The molecule has 0 aliphatic carbocycles. The molecule has 0 aromatic rings. The first-order valence-electron chi connectivity index (χ1n) is 4.89. The largest absolute Gasteiger partial charge is 0.352 e. The number of nitrogens with zero attached hydrogens (tertiary/aromatic N) is 1. The van der Waals surface area contributed by atoms with Crippen molar-refractivity contribution in [3.8, 4) is 0 Å². The van der Waals surface area contributed by atoms with Gasteiger partial charge in [0.25, 0.3) is 0 Å². The summed E-state index contributed by atoms with van der Waals surface area (Å²) in [6.45, 7) is 7.92. The molecule has 0 spiro atoms. The third kappa shape index (κ3) is 2.99. The maximum Gasteiger partial charge on any atom is 0.225 e. The second-order valence-electron chi connectivity index (χ2n) is 4.97. The molecule has 1 heterocycles. The number of nitrogens with one attached hydrogen (secondary N) is 1. The van der Waals surface area contributed by atoms with Crippen molar-refractivity contribution in [1.29, 1.82) is 0 Å². The van der Waals surface area contributed by atoms with Crippen LogP contribution in [-0.4, -0.2) is 37.0 Å². The number of likely N-dealkylation sites (N-methyl/N-ethyl adjacent to an activating group) is 1. The van der Waals surface area contributed by atoms with E-state index in [1.807, 2.05) is 20.8 Å². The number of carbonyl (C=O) groups is 1. The van der Waals surface area contributed by atoms with Crippen LogP contribution in [0.15, 0.2) is 0 Å². The average Bonchev–Trinajstić information content (AvgIpc) is 2.33. The Kier molecular flexibility index (Phi) is 2.96. The maximum atomic E-state index is 11.6. The first-order chi connectivity index (χ1) is 5.89. The number of likely N-dealkylation sites (tertiary alicyclic amines) is 1. The topological polar surface area (TPSA) is 32.3 Å². The average molecular weight is 184 g/mol. The zero-order valence-corrected chi connectivity index (χ0v) is 9.05. The fourth-order valence-corrected chi connectivity index (χ4v) is 1.45. The van der Waals surface area contributed by atoms with Gasteiger partial charge in [0.05, 0.1) is 0 Å². The predicted octanol–water partition coefficient (Wildman–Crippen LogP) is 0.853. The van der Waals surface area contributed by atoms with Crippen LogP contribution in [0.25, 0.3) is 0 Å². The standard InChI is InChI=1S/C10H20N2O/c1-10(2,3)9(13)11-8-5-6-12(4)7-8/h8H,5-7H2,1-4H3,(H,11,13)/t8-/m0/s1. The van der Waals surface area contributed by atoms with Crippen molar-refractivity contribution in [3.63, 3.8) is 0 Å². The van der Waals surface area contributed by atoms with E-state index in [0.29, 0.717) is 6.04 Å². The molecule has 1 aliphatic heterocycles. The summed E-state index contributed by atoms with van der Waals surface area (Å²) in [6, 6.07) is 0.358. The number of carbonyl (C=O) groups excluding carboxylic acids is 1. The van der Waals surface area contributed by atoms with Gasteiger partial charge in [-0.2, -0.15) is 0 Å². The van der Waals surface area contributed by atoms with Crippen molar-refractivity contribution < 1.29 is 4.79 Å². The van der Waals surface area contributed by atoms with Crippen LogP contribution >= 0.6 is 0 Å². The Balaban J connectivity index is 2.37. The highest BCUT2D eigenvalue weighted by molar-refractivity contribution is 5.81. The summed E-state index contributed by atoms with van der Waals surface area (Å²) in [5.41, 5.74) is -0.263. The number of hydrogen-bond acceptors (Lipinski definition) is 2. The third-order valence-electron chi connectivity index (χ3n) is 2.41. The van der Waals surface area contributed by atoms with Crippen molar-refractivity contribution in [2.75, 3.05) is 20.1 Å². The summed E-state index contributed by atoms with van der Waals surface area (Å²) in [7, 11) is 2.09. The monoisotopic (exact) mass is 184 g/mol. The minimum absolute atomic E-state index is 0.160. The van der Waals surface area contributed by atoms with Gasteiger partial charge in [-0.15, -0.1) is 0 Å². The highest BCUT2D eigenvalue weighted by Crippen LogP contribution is 2.15. The van der Waals surface area contributed by atoms with E-state index in [1.54, 1.807) is 0 Å². The predicted molar refractivity (Wildman–Crippen MR) is 53.5 cm³/mol. The molecule has 0 unspecified atom stereocenters. The summed E-state index contributed by atoms with van der Waals surface area (Å²) < 4.78 is 0. The van der Waals surface area contributed by atoms with Gasteiger partial charge in [-0.25, -0.2) is 0 Å². The zero-order valence-electron chi connectivity index (χ0n) is 9.05. The molecule has 1 rings (SSSR count). The molecule has 0 radical (unpaired) electrons. The van der Waals surface area contributed by atoms with Crippen LogP contribution in [-0.2, 0) is 4.79 Å². The lowest BCUT2D eigenvalue weighted by atomic mass is 9.95. The lowest BCUT2D eigenvalue weighted by molar-refractivity contribution is -0.129. The highest BCUT2D eigenvalue weighted by Gasteiger charge is 2.26. The summed E-state index contributed by atoms with van der Waals surface area (Å²) in [4.78, 5) is 13.8. The first-order valence-corrected chi connectivity index (χ1v) is 4.89. The zero-order chi connectivity index (χ0) is 10.1. The van der Waals surface area contributed by atoms with Gasteiger partial charge in [0, 0.05) is 18.0 Å². The molecule has 0 bridgehead atoms. The summed E-state index contributed by atoms with van der Waals surface area (Å²) in [6.07, 6.45) is 1.08. The van der Waals surface area contributed by atoms with E-state index >= 15 is 0 Å². The quantitative estimate of drug-likeness (QED) is 0.655. The number of rotatable bonds is 1. The summed E-state index contributed by atoms with van der Waals surface area (Å²) >= 11 is 0. The van der Waals surface area contributed by atoms with Crippen LogP contribution in [0.3, 0.4) is 0 Å². The highest BCUT2D eigenvalue weighted by atomic mass is 16.2. The summed E-state index contributed by atoms with van der Waals surface area (Å²) in [5, 5.41) is 3.07. The Morgan fingerprint density at radius 3 is 2.46 bits per heavy atom. The van der Waals surface area contributed by atoms with Gasteiger partial charge in [-0.3, -0.25) is 4.79 Å². The van der Waals surface area contributed by atoms with Crippen molar-refractivity contribution in [3.05, 3.63) is 0 Å². The van der Waals surface area contributed by atoms with Crippen LogP contribution in [0, 0.1) is 5.41 Å². The molecule has 1 N–H and O–H groups in total. The Morgan fingerprint density at radius 2 is 2.08 bits per heavy atom. The van der Waals surface area contributed by atoms with Gasteiger partial charge in [0.1, 0.15) is 0 Å². The molecule has 76 valence electrons. The van der Waals surface area contributed by atoms with E-state index in [0.717, 1.165) is 19.5 Å². The fraction of sp³-hybridized carbons (Fsp3) is 0.900. The lowest BCUT2D eigenvalue weighted by Crippen LogP contribution is -2.42. The van der Waals surface area contributed by atoms with E-state index in [2.05, 4.69) is 17.3 Å². The van der Waals surface area contributed by atoms with E-state index in [-0.39, 0.29) is 11.3 Å². The van der Waals surface area contributed by atoms with Crippen molar-refractivity contribution >= 4 is 5.91 Å². The summed E-state index contributed by atoms with van der Waals surface area (Å²) in [5.74, 6) is 0.160. The van der Waals surface area contributed by atoms with Crippen LogP contribution in [0.4, 0.5) is 0 Å². The van der Waals surface area contributed by atoms with Crippen molar-refractivity contribution in [2.45, 2.75) is 33.2 Å². The SMILES string of the molecule is CN1CC[C@H](NC(=O)C(C)(C)C)C1. The van der Waals surface area contributed by atoms with Crippen LogP contribution in [0.1, 0.15) is 27.2 Å². The Bertz CT molecular complexity index is 196. The maximum absolute atomic E-state index is 11.6. The van der Waals surface area contributed by atoms with Gasteiger partial charge in [-0.05, 0) is 20.0 Å². The van der Waals surface area contributed by atoms with E-state index in [9.17, 15) is 4.79 Å². The van der Waals surface area contributed by atoms with Crippen molar-refractivity contribution in [1.82, 2.24) is 10.2 Å². The van der Waals surface area contributed by atoms with Gasteiger partial charge in [0.15, 0.2) is 0 Å². The molecule has 0 aromatic heterocycles. The molecule has 1 aliphatic rings. The molecular formula is C10H20N2O. The molecule has 0 saturated carbocycles. The normalized spacial score (nSPS) is 24.8. The van der Waals surface area contributed by atoms with Gasteiger partial charge in [-0.1, -0.05) is 20.8 Å². The molecule has 0 aromatic carbocycles. The second-order valence-corrected chi connectivity index (χ2v) is 4.97. The minimum Gasteiger partial charge on any atom is -0.352 e. The Hall–Kier alpha value is -0.570. The van der Waals surface area contributed by atoms with Gasteiger partial charge in [0.2, 0.25) is 5.91 Å². The second kappa shape index (κ2) is 3.66. The van der Waals surface area contributed by atoms with Crippen LogP contribution in [0.2, 0.25) is 0 Å². The molecule has 3 nitrogen and oxygen atoms in total. The molecule has 1 amide bonds. The van der Waals surface area contributed by atoms with Gasteiger partial charge >= 0.3 is 0 Å². The van der Waals surface area contributed by atoms with Crippen molar-refractivity contribution in [2.24, 2.45) is 5.41 Å². The molecule has 1 atom stereocenters. The number of amides is 1. The molecule has 13 heavy (non-hydrogen) atoms. The lowest BCUT2D eigenvalue weighted by Gasteiger charge is -2.21. The smallest absolute Gasteiger partial charge is 0.225 e. The first kappa shape index (κ1) is 10.5. The minimum atomic E-state index is -0.263. The van der Waals surface area contributed by atoms with E-state index < -0.39 is 0 Å². The molecular weight excluding hydrogens is 164 g/mol. The third-order valence-corrected chi connectivity index (χ3v) is 2.41. The van der Waals surface area contributed by atoms with Gasteiger partial charge < -0.3 is 10.2 Å². The van der Waals surface area contributed by atoms with Crippen LogP contribution in [0.5, 0.6) is 0 Å². The molecule has 3 heteroatoms. The number of hydrogen-bond donors (Lipinski definition) is 1. The van der Waals surface area contributed by atoms with E-state index in [4.69, 9.17) is 0 Å². The Morgan fingerprint density at radius 1 is 1.46 bits per heavy atom. The molecule has 1 saturated heterocycles. The van der Waals surface area contributed by atoms with E-state index in [1.165, 1.54) is 0 Å². The Labute approximate surface area is 80.5 Å². The van der Waals surface area contributed by atoms with Crippen LogP contribution < -0.4 is 5.32 Å². The fourth-order valence-electron chi connectivity index (χ4n) is 1.45. The molecule has 1 fully saturated rings.